The molecule has 3 aromatic rings. The third-order valence-electron chi connectivity index (χ3n) is 5.41. The molecule has 0 fully saturated rings. The molecule has 0 saturated carbocycles. The van der Waals surface area contributed by atoms with Crippen LogP contribution in [0.15, 0.2) is 92.2 Å². The Morgan fingerprint density at radius 3 is 2.46 bits per heavy atom. The first-order valence-corrected chi connectivity index (χ1v) is 11.0. The molecule has 1 heterocycles. The number of halogens is 2. The van der Waals surface area contributed by atoms with Crippen LogP contribution in [0.4, 0.5) is 11.4 Å². The largest absolute Gasteiger partial charge is 0.505 e. The molecular weight excluding hydrogens is 491 g/mol. The van der Waals surface area contributed by atoms with E-state index in [1.54, 1.807) is 42.5 Å². The van der Waals surface area contributed by atoms with Gasteiger partial charge in [-0.3, -0.25) is 4.79 Å². The van der Waals surface area contributed by atoms with E-state index in [1.165, 1.54) is 30.3 Å². The number of carboxylic acid groups (broad SMARTS) is 1. The van der Waals surface area contributed by atoms with Gasteiger partial charge in [-0.05, 0) is 54.1 Å². The van der Waals surface area contributed by atoms with E-state index < -0.39 is 5.97 Å². The number of azo groups is 1. The molecule has 3 aromatic carbocycles. The van der Waals surface area contributed by atoms with Gasteiger partial charge in [-0.25, -0.2) is 4.79 Å². The lowest BCUT2D eigenvalue weighted by atomic mass is 9.90. The molecule has 2 N–H and O–H groups in total. The number of hydrogen-bond donors (Lipinski definition) is 2. The van der Waals surface area contributed by atoms with Gasteiger partial charge < -0.3 is 14.6 Å². The molecule has 172 valence electrons. The van der Waals surface area contributed by atoms with Crippen molar-refractivity contribution in [1.82, 2.24) is 0 Å². The molecule has 35 heavy (non-hydrogen) atoms. The van der Waals surface area contributed by atoms with Gasteiger partial charge in [0.25, 0.3) is 0 Å². The molecule has 0 aromatic heterocycles. The highest BCUT2D eigenvalue weighted by atomic mass is 35.5. The molecule has 0 bridgehead atoms. The molecular formula is C26H14Cl2N2O5. The zero-order valence-corrected chi connectivity index (χ0v) is 19.2. The number of phenols is 1. The highest BCUT2D eigenvalue weighted by molar-refractivity contribution is 6.36. The first kappa shape index (κ1) is 22.6. The molecule has 1 aliphatic carbocycles. The molecule has 0 spiro atoms. The quantitative estimate of drug-likeness (QED) is 0.192. The number of aromatic carboxylic acids is 1. The first-order valence-electron chi connectivity index (χ1n) is 10.3. The van der Waals surface area contributed by atoms with Crippen LogP contribution in [0.25, 0.3) is 33.4 Å². The lowest BCUT2D eigenvalue weighted by Gasteiger charge is -2.17. The summed E-state index contributed by atoms with van der Waals surface area (Å²) in [5, 5.41) is 29.9. The molecule has 2 aliphatic rings. The number of hydrogen-bond acceptors (Lipinski definition) is 6. The van der Waals surface area contributed by atoms with Crippen molar-refractivity contribution in [2.75, 3.05) is 0 Å². The Hall–Kier alpha value is -4.20. The Morgan fingerprint density at radius 1 is 0.886 bits per heavy atom. The third kappa shape index (κ3) is 4.12. The number of rotatable bonds is 4. The van der Waals surface area contributed by atoms with Crippen molar-refractivity contribution in [3.63, 3.8) is 0 Å². The summed E-state index contributed by atoms with van der Waals surface area (Å²) in [5.41, 5.74) is 1.64. The second kappa shape index (κ2) is 8.87. The zero-order valence-electron chi connectivity index (χ0n) is 17.7. The standard InChI is InChI=1S/C26H14Cl2N2O5/c27-13-5-9-20(19(28)11-13)29-30-24-21(32)10-8-18-23(15-3-1-2-4-16(15)26(33)34)17-7-6-14(31)12-22(17)35-25(18)24/h1-12,32H,(H,33,34). The van der Waals surface area contributed by atoms with Crippen LogP contribution < -0.4 is 5.43 Å². The van der Waals surface area contributed by atoms with Crippen molar-refractivity contribution in [3.8, 4) is 28.2 Å². The summed E-state index contributed by atoms with van der Waals surface area (Å²) in [6.07, 6.45) is 0. The van der Waals surface area contributed by atoms with E-state index >= 15 is 0 Å². The first-order chi connectivity index (χ1) is 16.8. The SMILES string of the molecule is O=C(O)c1ccccc1-c1c2ccc(=O)cc-2oc2c(N=Nc3ccc(Cl)cc3Cl)c(O)ccc12. The van der Waals surface area contributed by atoms with E-state index in [2.05, 4.69) is 10.2 Å². The van der Waals surface area contributed by atoms with Gasteiger partial charge in [-0.2, -0.15) is 0 Å². The average Bonchev–Trinajstić information content (AvgIpc) is 2.83. The number of carbonyl (C=O) groups is 1. The second-order valence-electron chi connectivity index (χ2n) is 7.59. The number of nitrogens with zero attached hydrogens (tertiary/aromatic N) is 2. The van der Waals surface area contributed by atoms with Gasteiger partial charge in [-0.1, -0.05) is 41.4 Å². The Balaban J connectivity index is 1.85. The molecule has 0 atom stereocenters. The van der Waals surface area contributed by atoms with E-state index in [0.29, 0.717) is 32.8 Å². The highest BCUT2D eigenvalue weighted by Crippen LogP contribution is 2.46. The number of fused-ring (bicyclic) bond motifs is 2. The normalized spacial score (nSPS) is 11.5. The molecule has 0 unspecified atom stereocenters. The van der Waals surface area contributed by atoms with Gasteiger partial charge in [0.15, 0.2) is 16.7 Å². The van der Waals surface area contributed by atoms with Crippen LogP contribution >= 0.6 is 23.2 Å². The minimum atomic E-state index is -1.11. The van der Waals surface area contributed by atoms with Crippen LogP contribution in [0, 0.1) is 0 Å². The highest BCUT2D eigenvalue weighted by Gasteiger charge is 2.23. The van der Waals surface area contributed by atoms with Gasteiger partial charge >= 0.3 is 5.97 Å². The smallest absolute Gasteiger partial charge is 0.336 e. The maximum absolute atomic E-state index is 12.1. The van der Waals surface area contributed by atoms with Gasteiger partial charge in [0.05, 0.1) is 10.6 Å². The lowest BCUT2D eigenvalue weighted by molar-refractivity contribution is 0.0697. The second-order valence-corrected chi connectivity index (χ2v) is 8.44. The summed E-state index contributed by atoms with van der Waals surface area (Å²) in [6.45, 7) is 0. The van der Waals surface area contributed by atoms with Crippen LogP contribution in [0.5, 0.6) is 5.75 Å². The van der Waals surface area contributed by atoms with Gasteiger partial charge in [0, 0.05) is 27.6 Å². The van der Waals surface area contributed by atoms with Gasteiger partial charge in [-0.15, -0.1) is 10.2 Å². The van der Waals surface area contributed by atoms with Crippen molar-refractivity contribution in [2.45, 2.75) is 0 Å². The number of aromatic hydroxyl groups is 1. The van der Waals surface area contributed by atoms with Crippen molar-refractivity contribution in [2.24, 2.45) is 10.2 Å². The van der Waals surface area contributed by atoms with Crippen molar-refractivity contribution < 1.29 is 19.4 Å². The van der Waals surface area contributed by atoms with Gasteiger partial charge in [0.1, 0.15) is 17.2 Å². The number of carboxylic acids is 1. The predicted octanol–water partition coefficient (Wildman–Crippen LogP) is 7.69. The van der Waals surface area contributed by atoms with Crippen LogP contribution in [-0.4, -0.2) is 16.2 Å². The summed E-state index contributed by atoms with van der Waals surface area (Å²) in [6, 6.07) is 18.4. The van der Waals surface area contributed by atoms with Crippen LogP contribution in [-0.2, 0) is 0 Å². The topological polar surface area (TPSA) is 112 Å². The zero-order chi connectivity index (χ0) is 24.7. The monoisotopic (exact) mass is 504 g/mol. The molecule has 5 rings (SSSR count). The molecule has 0 radical (unpaired) electrons. The summed E-state index contributed by atoms with van der Waals surface area (Å²) >= 11 is 12.1. The third-order valence-corrected chi connectivity index (χ3v) is 5.95. The van der Waals surface area contributed by atoms with E-state index in [1.807, 2.05) is 0 Å². The Morgan fingerprint density at radius 2 is 1.69 bits per heavy atom. The van der Waals surface area contributed by atoms with Crippen LogP contribution in [0.1, 0.15) is 10.4 Å². The summed E-state index contributed by atoms with van der Waals surface area (Å²) in [4.78, 5) is 24.1. The number of benzene rings is 4. The van der Waals surface area contributed by atoms with Gasteiger partial charge in [0.2, 0.25) is 0 Å². The van der Waals surface area contributed by atoms with Crippen LogP contribution in [0.2, 0.25) is 10.0 Å². The summed E-state index contributed by atoms with van der Waals surface area (Å²) < 4.78 is 6.02. The number of phenolic OH excluding ortho intramolecular Hbond substituents is 1. The minimum absolute atomic E-state index is 0.0132. The van der Waals surface area contributed by atoms with Crippen LogP contribution in [0.3, 0.4) is 0 Å². The fraction of sp³-hybridized carbons (Fsp3) is 0. The molecule has 1 aliphatic heterocycles. The Bertz CT molecular complexity index is 1690. The van der Waals surface area contributed by atoms with E-state index in [9.17, 15) is 19.8 Å². The molecule has 9 heteroatoms. The van der Waals surface area contributed by atoms with Crippen molar-refractivity contribution in [3.05, 3.63) is 98.6 Å². The summed E-state index contributed by atoms with van der Waals surface area (Å²) in [5.74, 6) is -1.14. The van der Waals surface area contributed by atoms with E-state index in [-0.39, 0.29) is 38.8 Å². The minimum Gasteiger partial charge on any atom is -0.505 e. The fourth-order valence-corrected chi connectivity index (χ4v) is 4.30. The summed E-state index contributed by atoms with van der Waals surface area (Å²) in [7, 11) is 0. The average molecular weight is 505 g/mol. The fourth-order valence-electron chi connectivity index (χ4n) is 3.85. The van der Waals surface area contributed by atoms with Crippen molar-refractivity contribution in [1.29, 1.82) is 0 Å². The van der Waals surface area contributed by atoms with E-state index in [4.69, 9.17) is 27.6 Å². The maximum atomic E-state index is 12.1. The molecule has 0 amide bonds. The maximum Gasteiger partial charge on any atom is 0.336 e. The molecule has 7 nitrogen and oxygen atoms in total. The van der Waals surface area contributed by atoms with E-state index in [0.717, 1.165) is 0 Å². The molecule has 0 saturated heterocycles. The lowest BCUT2D eigenvalue weighted by Crippen LogP contribution is -2.03. The van der Waals surface area contributed by atoms with Crippen molar-refractivity contribution >= 4 is 51.5 Å². The predicted molar refractivity (Wildman–Crippen MR) is 134 cm³/mol. The Kier molecular flexibility index (Phi) is 5.72. The Labute approximate surface area is 207 Å².